The largest absolute Gasteiger partial charge is 0.452 e. The molecule has 0 aromatic heterocycles. The second-order valence-electron chi connectivity index (χ2n) is 4.43. The fraction of sp³-hybridized carbons (Fsp3) is 0.615. The standard InChI is InChI=1S/C13H22O2/c1-6-12(14)15-13(5,7-2)10-8-9-11(3)4/h6-7,11H,1-2,8-10H2,3-5H3. The number of esters is 1. The smallest absolute Gasteiger partial charge is 0.331 e. The van der Waals surface area contributed by atoms with E-state index in [-0.39, 0.29) is 5.97 Å². The van der Waals surface area contributed by atoms with E-state index in [4.69, 9.17) is 4.74 Å². The van der Waals surface area contributed by atoms with Crippen molar-refractivity contribution >= 4 is 5.97 Å². The second-order valence-corrected chi connectivity index (χ2v) is 4.43. The van der Waals surface area contributed by atoms with Gasteiger partial charge in [-0.25, -0.2) is 4.79 Å². The Morgan fingerprint density at radius 2 is 2.07 bits per heavy atom. The maximum Gasteiger partial charge on any atom is 0.331 e. The number of hydrogen-bond donors (Lipinski definition) is 0. The van der Waals surface area contributed by atoms with Gasteiger partial charge < -0.3 is 4.74 Å². The zero-order chi connectivity index (χ0) is 11.9. The predicted molar refractivity (Wildman–Crippen MR) is 63.6 cm³/mol. The van der Waals surface area contributed by atoms with Crippen LogP contribution in [0.1, 0.15) is 40.0 Å². The van der Waals surface area contributed by atoms with Crippen LogP contribution in [0.25, 0.3) is 0 Å². The highest BCUT2D eigenvalue weighted by molar-refractivity contribution is 5.81. The van der Waals surface area contributed by atoms with Crippen molar-refractivity contribution in [3.8, 4) is 0 Å². The van der Waals surface area contributed by atoms with E-state index in [2.05, 4.69) is 27.0 Å². The number of ether oxygens (including phenoxy) is 1. The van der Waals surface area contributed by atoms with E-state index in [9.17, 15) is 4.79 Å². The Morgan fingerprint density at radius 3 is 2.47 bits per heavy atom. The van der Waals surface area contributed by atoms with Crippen LogP contribution < -0.4 is 0 Å². The lowest BCUT2D eigenvalue weighted by molar-refractivity contribution is -0.148. The molecule has 0 aliphatic rings. The molecule has 0 aromatic carbocycles. The summed E-state index contributed by atoms with van der Waals surface area (Å²) in [4.78, 5) is 11.1. The van der Waals surface area contributed by atoms with Gasteiger partial charge in [-0.3, -0.25) is 0 Å². The van der Waals surface area contributed by atoms with Gasteiger partial charge in [-0.1, -0.05) is 33.4 Å². The highest BCUT2D eigenvalue weighted by Crippen LogP contribution is 2.22. The van der Waals surface area contributed by atoms with E-state index in [0.29, 0.717) is 5.92 Å². The van der Waals surface area contributed by atoms with Crippen molar-refractivity contribution in [3.05, 3.63) is 25.3 Å². The molecule has 0 aliphatic carbocycles. The molecule has 0 amide bonds. The van der Waals surface area contributed by atoms with Crippen molar-refractivity contribution in [3.63, 3.8) is 0 Å². The van der Waals surface area contributed by atoms with E-state index in [1.807, 2.05) is 6.92 Å². The molecule has 0 aromatic rings. The number of carbonyl (C=O) groups is 1. The van der Waals surface area contributed by atoms with Gasteiger partial charge in [-0.15, -0.1) is 0 Å². The minimum absolute atomic E-state index is 0.387. The number of rotatable bonds is 7. The highest BCUT2D eigenvalue weighted by Gasteiger charge is 2.23. The van der Waals surface area contributed by atoms with Crippen LogP contribution in [0.2, 0.25) is 0 Å². The minimum Gasteiger partial charge on any atom is -0.452 e. The van der Waals surface area contributed by atoms with Gasteiger partial charge in [0, 0.05) is 6.08 Å². The predicted octanol–water partition coefficient (Wildman–Crippen LogP) is 3.49. The quantitative estimate of drug-likeness (QED) is 0.365. The van der Waals surface area contributed by atoms with Crippen LogP contribution in [0.3, 0.4) is 0 Å². The molecule has 0 bridgehead atoms. The van der Waals surface area contributed by atoms with Gasteiger partial charge in [0.2, 0.25) is 0 Å². The van der Waals surface area contributed by atoms with Crippen molar-refractivity contribution in [1.29, 1.82) is 0 Å². The summed E-state index contributed by atoms with van der Waals surface area (Å²) < 4.78 is 5.24. The third kappa shape index (κ3) is 6.10. The first kappa shape index (κ1) is 13.9. The molecule has 0 spiro atoms. The van der Waals surface area contributed by atoms with E-state index < -0.39 is 5.60 Å². The van der Waals surface area contributed by atoms with Crippen molar-refractivity contribution in [2.75, 3.05) is 0 Å². The summed E-state index contributed by atoms with van der Waals surface area (Å²) in [6, 6.07) is 0. The summed E-state index contributed by atoms with van der Waals surface area (Å²) in [6.45, 7) is 13.3. The van der Waals surface area contributed by atoms with E-state index in [0.717, 1.165) is 19.3 Å². The van der Waals surface area contributed by atoms with E-state index in [1.165, 1.54) is 6.08 Å². The normalized spacial score (nSPS) is 14.4. The average Bonchev–Trinajstić information content (AvgIpc) is 2.17. The molecule has 2 heteroatoms. The first-order chi connectivity index (χ1) is 6.93. The monoisotopic (exact) mass is 210 g/mol. The molecule has 0 aliphatic heterocycles. The molecule has 0 radical (unpaired) electrons. The molecule has 0 heterocycles. The Kier molecular flexibility index (Phi) is 5.99. The Balaban J connectivity index is 4.12. The van der Waals surface area contributed by atoms with Crippen LogP contribution in [-0.4, -0.2) is 11.6 Å². The zero-order valence-corrected chi connectivity index (χ0v) is 10.1. The Labute approximate surface area is 93.0 Å². The third-order valence-corrected chi connectivity index (χ3v) is 2.39. The van der Waals surface area contributed by atoms with Gasteiger partial charge >= 0.3 is 5.97 Å². The van der Waals surface area contributed by atoms with Gasteiger partial charge in [0.15, 0.2) is 0 Å². The van der Waals surface area contributed by atoms with Crippen LogP contribution >= 0.6 is 0 Å². The minimum atomic E-state index is -0.555. The summed E-state index contributed by atoms with van der Waals surface area (Å²) in [5.41, 5.74) is -0.555. The Hall–Kier alpha value is -1.05. The molecule has 0 fully saturated rings. The SMILES string of the molecule is C=CC(=O)OC(C)(C=C)CCCC(C)C. The van der Waals surface area contributed by atoms with Gasteiger partial charge in [0.1, 0.15) is 5.60 Å². The van der Waals surface area contributed by atoms with Crippen molar-refractivity contribution < 1.29 is 9.53 Å². The zero-order valence-electron chi connectivity index (χ0n) is 10.1. The molecule has 1 unspecified atom stereocenters. The van der Waals surface area contributed by atoms with Crippen LogP contribution in [0.5, 0.6) is 0 Å². The molecular formula is C13H22O2. The van der Waals surface area contributed by atoms with Crippen LogP contribution in [-0.2, 0) is 9.53 Å². The van der Waals surface area contributed by atoms with Crippen LogP contribution in [0, 0.1) is 5.92 Å². The van der Waals surface area contributed by atoms with Crippen LogP contribution in [0.15, 0.2) is 25.3 Å². The lowest BCUT2D eigenvalue weighted by Crippen LogP contribution is -2.28. The summed E-state index contributed by atoms with van der Waals surface area (Å²) in [6.07, 6.45) is 5.85. The van der Waals surface area contributed by atoms with Crippen molar-refractivity contribution in [2.24, 2.45) is 5.92 Å². The molecule has 0 saturated heterocycles. The first-order valence-corrected chi connectivity index (χ1v) is 5.42. The molecule has 0 saturated carbocycles. The summed E-state index contributed by atoms with van der Waals surface area (Å²) in [5.74, 6) is 0.288. The summed E-state index contributed by atoms with van der Waals surface area (Å²) >= 11 is 0. The number of carbonyl (C=O) groups excluding carboxylic acids is 1. The fourth-order valence-electron chi connectivity index (χ4n) is 1.33. The van der Waals surface area contributed by atoms with E-state index >= 15 is 0 Å². The topological polar surface area (TPSA) is 26.3 Å². The van der Waals surface area contributed by atoms with Crippen LogP contribution in [0.4, 0.5) is 0 Å². The molecule has 2 nitrogen and oxygen atoms in total. The summed E-state index contributed by atoms with van der Waals surface area (Å²) in [5, 5.41) is 0. The van der Waals surface area contributed by atoms with Gasteiger partial charge in [0.25, 0.3) is 0 Å². The first-order valence-electron chi connectivity index (χ1n) is 5.42. The maximum atomic E-state index is 11.1. The lowest BCUT2D eigenvalue weighted by Gasteiger charge is -2.25. The van der Waals surface area contributed by atoms with E-state index in [1.54, 1.807) is 6.08 Å². The molecule has 1 atom stereocenters. The Morgan fingerprint density at radius 1 is 1.47 bits per heavy atom. The molecule has 0 N–H and O–H groups in total. The molecular weight excluding hydrogens is 188 g/mol. The molecule has 15 heavy (non-hydrogen) atoms. The van der Waals surface area contributed by atoms with Gasteiger partial charge in [-0.05, 0) is 31.8 Å². The Bertz CT molecular complexity index is 231. The lowest BCUT2D eigenvalue weighted by atomic mass is 9.96. The second kappa shape index (κ2) is 6.44. The van der Waals surface area contributed by atoms with Gasteiger partial charge in [0.05, 0.1) is 0 Å². The molecule has 0 rings (SSSR count). The average molecular weight is 210 g/mol. The maximum absolute atomic E-state index is 11.1. The third-order valence-electron chi connectivity index (χ3n) is 2.39. The molecule has 86 valence electrons. The number of hydrogen-bond acceptors (Lipinski definition) is 2. The highest BCUT2D eigenvalue weighted by atomic mass is 16.6. The van der Waals surface area contributed by atoms with Crippen molar-refractivity contribution in [2.45, 2.75) is 45.6 Å². The van der Waals surface area contributed by atoms with Crippen molar-refractivity contribution in [1.82, 2.24) is 0 Å². The summed E-state index contributed by atoms with van der Waals surface area (Å²) in [7, 11) is 0. The fourth-order valence-corrected chi connectivity index (χ4v) is 1.33. The van der Waals surface area contributed by atoms with Gasteiger partial charge in [-0.2, -0.15) is 0 Å².